The summed E-state index contributed by atoms with van der Waals surface area (Å²) in [5.41, 5.74) is 0.587. The summed E-state index contributed by atoms with van der Waals surface area (Å²) in [4.78, 5) is 15.1. The Morgan fingerprint density at radius 1 is 1.42 bits per heavy atom. The number of rotatable bonds is 4. The predicted molar refractivity (Wildman–Crippen MR) is 105 cm³/mol. The summed E-state index contributed by atoms with van der Waals surface area (Å²) < 4.78 is 6.24. The average molecular weight is 397 g/mol. The molecule has 1 amide bonds. The van der Waals surface area contributed by atoms with E-state index in [1.165, 1.54) is 4.88 Å². The number of aromatic nitrogens is 2. The largest absolute Gasteiger partial charge is 0.444 e. The van der Waals surface area contributed by atoms with Gasteiger partial charge in [-0.05, 0) is 45.7 Å². The van der Waals surface area contributed by atoms with Crippen molar-refractivity contribution >= 4 is 34.8 Å². The number of carbonyl (C=O) groups is 1. The molecule has 1 aliphatic rings. The molecular weight excluding hydrogens is 372 g/mol. The minimum Gasteiger partial charge on any atom is -0.444 e. The maximum atomic E-state index is 12.1. The van der Waals surface area contributed by atoms with E-state index in [1.54, 1.807) is 16.2 Å². The molecular formula is C18H25ClN4O2S. The van der Waals surface area contributed by atoms with Crippen LogP contribution in [0.15, 0.2) is 18.2 Å². The summed E-state index contributed by atoms with van der Waals surface area (Å²) in [6.45, 7) is 7.78. The van der Waals surface area contributed by atoms with Crippen molar-refractivity contribution in [1.29, 1.82) is 0 Å². The van der Waals surface area contributed by atoms with Crippen molar-refractivity contribution in [2.75, 3.05) is 18.4 Å². The maximum Gasteiger partial charge on any atom is 0.410 e. The Balaban J connectivity index is 1.49. The van der Waals surface area contributed by atoms with Crippen LogP contribution in [-0.2, 0) is 11.3 Å². The summed E-state index contributed by atoms with van der Waals surface area (Å²) in [6.07, 6.45) is 1.56. The first-order valence-corrected chi connectivity index (χ1v) is 10.0. The summed E-state index contributed by atoms with van der Waals surface area (Å²) in [7, 11) is 0. The van der Waals surface area contributed by atoms with E-state index in [-0.39, 0.29) is 6.09 Å². The first kappa shape index (κ1) is 19.0. The normalized spacial score (nSPS) is 15.9. The number of H-pyrrole nitrogens is 1. The van der Waals surface area contributed by atoms with E-state index in [4.69, 9.17) is 16.3 Å². The molecule has 2 aromatic heterocycles. The monoisotopic (exact) mass is 396 g/mol. The number of nitrogens with one attached hydrogen (secondary N) is 2. The first-order chi connectivity index (χ1) is 12.3. The summed E-state index contributed by atoms with van der Waals surface area (Å²) in [6, 6.07) is 5.98. The van der Waals surface area contributed by atoms with Crippen molar-refractivity contribution in [2.45, 2.75) is 51.7 Å². The number of piperidine rings is 1. The third-order valence-corrected chi connectivity index (χ3v) is 5.48. The van der Waals surface area contributed by atoms with E-state index in [1.807, 2.05) is 32.9 Å². The lowest BCUT2D eigenvalue weighted by molar-refractivity contribution is 0.0204. The van der Waals surface area contributed by atoms with Crippen LogP contribution in [0.5, 0.6) is 0 Å². The second-order valence-electron chi connectivity index (χ2n) is 7.51. The van der Waals surface area contributed by atoms with Crippen LogP contribution in [0, 0.1) is 0 Å². The van der Waals surface area contributed by atoms with Gasteiger partial charge in [-0.25, -0.2) is 4.79 Å². The van der Waals surface area contributed by atoms with Crippen LogP contribution in [0.25, 0.3) is 0 Å². The second-order valence-corrected chi connectivity index (χ2v) is 9.31. The van der Waals surface area contributed by atoms with Gasteiger partial charge in [0, 0.05) is 30.0 Å². The number of thiophene rings is 1. The summed E-state index contributed by atoms with van der Waals surface area (Å²) in [5, 5.41) is 10.8. The molecule has 0 aromatic carbocycles. The van der Waals surface area contributed by atoms with Crippen LogP contribution in [0.4, 0.5) is 10.6 Å². The third kappa shape index (κ3) is 5.14. The van der Waals surface area contributed by atoms with E-state index >= 15 is 0 Å². The lowest BCUT2D eigenvalue weighted by atomic mass is 9.94. The molecule has 8 heteroatoms. The fraction of sp³-hybridized carbons (Fsp3) is 0.556. The Kier molecular flexibility index (Phi) is 5.77. The molecule has 142 valence electrons. The Bertz CT molecular complexity index is 744. The second kappa shape index (κ2) is 7.88. The molecule has 3 rings (SSSR count). The fourth-order valence-electron chi connectivity index (χ4n) is 2.95. The number of hydrogen-bond donors (Lipinski definition) is 2. The Morgan fingerprint density at radius 3 is 2.77 bits per heavy atom. The average Bonchev–Trinajstić information content (AvgIpc) is 3.20. The third-order valence-electron chi connectivity index (χ3n) is 4.24. The first-order valence-electron chi connectivity index (χ1n) is 8.81. The SMILES string of the molecule is CC(C)(C)OC(=O)N1CCC(c2cc(NCc3ccc(Cl)s3)[nH]n2)CC1. The van der Waals surface area contributed by atoms with Crippen LogP contribution in [0.3, 0.4) is 0 Å². The Hall–Kier alpha value is -1.73. The van der Waals surface area contributed by atoms with Gasteiger partial charge in [0.25, 0.3) is 0 Å². The van der Waals surface area contributed by atoms with Gasteiger partial charge in [0.05, 0.1) is 16.6 Å². The summed E-state index contributed by atoms with van der Waals surface area (Å²) in [5.74, 6) is 1.26. The van der Waals surface area contributed by atoms with Crippen LogP contribution in [0.2, 0.25) is 4.34 Å². The van der Waals surface area contributed by atoms with Crippen molar-refractivity contribution in [1.82, 2.24) is 15.1 Å². The highest BCUT2D eigenvalue weighted by Crippen LogP contribution is 2.29. The lowest BCUT2D eigenvalue weighted by Gasteiger charge is -2.32. The highest BCUT2D eigenvalue weighted by Gasteiger charge is 2.28. The van der Waals surface area contributed by atoms with E-state index in [0.29, 0.717) is 19.0 Å². The van der Waals surface area contributed by atoms with Gasteiger partial charge < -0.3 is 15.0 Å². The zero-order valence-corrected chi connectivity index (χ0v) is 16.9. The van der Waals surface area contributed by atoms with Crippen LogP contribution in [-0.4, -0.2) is 39.9 Å². The molecule has 1 saturated heterocycles. The smallest absolute Gasteiger partial charge is 0.410 e. The van der Waals surface area contributed by atoms with E-state index in [2.05, 4.69) is 21.6 Å². The lowest BCUT2D eigenvalue weighted by Crippen LogP contribution is -2.41. The zero-order chi connectivity index (χ0) is 18.7. The molecule has 0 atom stereocenters. The van der Waals surface area contributed by atoms with Gasteiger partial charge >= 0.3 is 6.09 Å². The highest BCUT2D eigenvalue weighted by atomic mass is 35.5. The van der Waals surface area contributed by atoms with Crippen molar-refractivity contribution < 1.29 is 9.53 Å². The number of ether oxygens (including phenoxy) is 1. The minimum atomic E-state index is -0.455. The molecule has 0 spiro atoms. The minimum absolute atomic E-state index is 0.227. The molecule has 26 heavy (non-hydrogen) atoms. The molecule has 1 fully saturated rings. The van der Waals surface area contributed by atoms with E-state index < -0.39 is 5.60 Å². The quantitative estimate of drug-likeness (QED) is 0.774. The van der Waals surface area contributed by atoms with Crippen molar-refractivity contribution in [3.05, 3.63) is 33.1 Å². The number of halogens is 1. The number of nitrogens with zero attached hydrogens (tertiary/aromatic N) is 2. The molecule has 0 saturated carbocycles. The van der Waals surface area contributed by atoms with Crippen LogP contribution in [0.1, 0.15) is 50.1 Å². The van der Waals surface area contributed by atoms with E-state index in [0.717, 1.165) is 35.2 Å². The fourth-order valence-corrected chi connectivity index (χ4v) is 3.98. The van der Waals surface area contributed by atoms with Gasteiger partial charge in [-0.15, -0.1) is 11.3 Å². The van der Waals surface area contributed by atoms with Gasteiger partial charge in [0.15, 0.2) is 0 Å². The van der Waals surface area contributed by atoms with Crippen LogP contribution >= 0.6 is 22.9 Å². The number of anilines is 1. The van der Waals surface area contributed by atoms with Gasteiger partial charge in [0.1, 0.15) is 11.4 Å². The standard InChI is InChI=1S/C18H25ClN4O2S/c1-18(2,3)25-17(24)23-8-6-12(7-9-23)14-10-16(22-21-14)20-11-13-4-5-15(19)26-13/h4-5,10,12H,6-9,11H2,1-3H3,(H2,20,21,22). The van der Waals surface area contributed by atoms with Crippen LogP contribution < -0.4 is 5.32 Å². The molecule has 6 nitrogen and oxygen atoms in total. The molecule has 2 aromatic rings. The molecule has 2 N–H and O–H groups in total. The van der Waals surface area contributed by atoms with E-state index in [9.17, 15) is 4.79 Å². The summed E-state index contributed by atoms with van der Waals surface area (Å²) >= 11 is 7.52. The molecule has 3 heterocycles. The Labute approximate surface area is 162 Å². The number of carbonyl (C=O) groups excluding carboxylic acids is 1. The van der Waals surface area contributed by atoms with Crippen molar-refractivity contribution in [3.63, 3.8) is 0 Å². The number of amides is 1. The molecule has 0 aliphatic carbocycles. The van der Waals surface area contributed by atoms with Crippen molar-refractivity contribution in [3.8, 4) is 0 Å². The molecule has 0 bridgehead atoms. The molecule has 0 radical (unpaired) electrons. The van der Waals surface area contributed by atoms with Gasteiger partial charge in [-0.1, -0.05) is 11.6 Å². The molecule has 0 unspecified atom stereocenters. The van der Waals surface area contributed by atoms with Gasteiger partial charge in [0.2, 0.25) is 0 Å². The van der Waals surface area contributed by atoms with Gasteiger partial charge in [-0.3, -0.25) is 5.10 Å². The number of likely N-dealkylation sites (tertiary alicyclic amines) is 1. The highest BCUT2D eigenvalue weighted by molar-refractivity contribution is 7.16. The van der Waals surface area contributed by atoms with Gasteiger partial charge in [-0.2, -0.15) is 5.10 Å². The zero-order valence-electron chi connectivity index (χ0n) is 15.3. The topological polar surface area (TPSA) is 70.2 Å². The van der Waals surface area contributed by atoms with Crippen molar-refractivity contribution in [2.24, 2.45) is 0 Å². The number of hydrogen-bond acceptors (Lipinski definition) is 5. The predicted octanol–water partition coefficient (Wildman–Crippen LogP) is 4.85. The maximum absolute atomic E-state index is 12.1. The number of aromatic amines is 1. The Morgan fingerprint density at radius 2 is 2.15 bits per heavy atom. The molecule has 1 aliphatic heterocycles.